The predicted molar refractivity (Wildman–Crippen MR) is 104 cm³/mol. The van der Waals surface area contributed by atoms with Gasteiger partial charge in [0.2, 0.25) is 0 Å². The molecule has 1 unspecified atom stereocenters. The largest absolute Gasteiger partial charge is 0.444 e. The van der Waals surface area contributed by atoms with Crippen LogP contribution in [-0.2, 0) is 4.74 Å². The summed E-state index contributed by atoms with van der Waals surface area (Å²) in [5.74, 6) is 0. The SMILES string of the molecule is C/C=C\CC=C(C)C.CCCC1CCCCN1C(=O)OC(C)(C)C. The van der Waals surface area contributed by atoms with Crippen molar-refractivity contribution in [1.82, 2.24) is 4.90 Å². The molecule has 3 heteroatoms. The monoisotopic (exact) mass is 337 g/mol. The van der Waals surface area contributed by atoms with Gasteiger partial charge in [-0.1, -0.05) is 37.1 Å². The Balaban J connectivity index is 0.000000561. The van der Waals surface area contributed by atoms with E-state index in [1.165, 1.54) is 12.0 Å². The third-order valence-corrected chi connectivity index (χ3v) is 3.77. The molecule has 0 aromatic heterocycles. The van der Waals surface area contributed by atoms with Crippen LogP contribution >= 0.6 is 0 Å². The van der Waals surface area contributed by atoms with Crippen LogP contribution < -0.4 is 0 Å². The highest BCUT2D eigenvalue weighted by Gasteiger charge is 2.29. The maximum absolute atomic E-state index is 12.0. The summed E-state index contributed by atoms with van der Waals surface area (Å²) in [5.41, 5.74) is 1.01. The summed E-state index contributed by atoms with van der Waals surface area (Å²) in [5, 5.41) is 0. The number of hydrogen-bond donors (Lipinski definition) is 0. The van der Waals surface area contributed by atoms with E-state index in [2.05, 4.69) is 39.0 Å². The van der Waals surface area contributed by atoms with E-state index >= 15 is 0 Å². The average Bonchev–Trinajstić information content (AvgIpc) is 2.47. The summed E-state index contributed by atoms with van der Waals surface area (Å²) in [6, 6.07) is 0.397. The number of carbonyl (C=O) groups is 1. The summed E-state index contributed by atoms with van der Waals surface area (Å²) in [7, 11) is 0. The van der Waals surface area contributed by atoms with E-state index in [4.69, 9.17) is 4.74 Å². The van der Waals surface area contributed by atoms with E-state index in [0.717, 1.165) is 38.6 Å². The Morgan fingerprint density at radius 1 is 1.25 bits per heavy atom. The number of ether oxygens (including phenoxy) is 1. The molecule has 0 aromatic rings. The number of hydrogen-bond acceptors (Lipinski definition) is 2. The molecule has 0 aromatic carbocycles. The van der Waals surface area contributed by atoms with Crippen LogP contribution in [0.3, 0.4) is 0 Å². The van der Waals surface area contributed by atoms with Crippen molar-refractivity contribution < 1.29 is 9.53 Å². The fourth-order valence-electron chi connectivity index (χ4n) is 2.63. The zero-order valence-electron chi connectivity index (χ0n) is 17.0. The molecule has 0 radical (unpaired) electrons. The van der Waals surface area contributed by atoms with Gasteiger partial charge in [-0.25, -0.2) is 4.79 Å². The molecule has 1 amide bonds. The Kier molecular flexibility index (Phi) is 11.5. The van der Waals surface area contributed by atoms with Crippen molar-refractivity contribution in [3.63, 3.8) is 0 Å². The Hall–Kier alpha value is -1.25. The van der Waals surface area contributed by atoms with Gasteiger partial charge in [-0.2, -0.15) is 0 Å². The van der Waals surface area contributed by atoms with Gasteiger partial charge in [0, 0.05) is 12.6 Å². The lowest BCUT2D eigenvalue weighted by Crippen LogP contribution is -2.46. The zero-order chi connectivity index (χ0) is 18.6. The van der Waals surface area contributed by atoms with Gasteiger partial charge in [0.25, 0.3) is 0 Å². The molecule has 1 heterocycles. The quantitative estimate of drug-likeness (QED) is 0.548. The molecule has 0 bridgehead atoms. The van der Waals surface area contributed by atoms with Crippen molar-refractivity contribution in [3.8, 4) is 0 Å². The Morgan fingerprint density at radius 2 is 1.92 bits per heavy atom. The first kappa shape index (κ1) is 22.8. The summed E-state index contributed by atoms with van der Waals surface area (Å²) in [6.45, 7) is 15.1. The fraction of sp³-hybridized carbons (Fsp3) is 0.762. The molecule has 24 heavy (non-hydrogen) atoms. The lowest BCUT2D eigenvalue weighted by molar-refractivity contribution is 0.00881. The van der Waals surface area contributed by atoms with E-state index in [1.807, 2.05) is 32.6 Å². The molecular formula is C21H39NO2. The molecule has 3 nitrogen and oxygen atoms in total. The van der Waals surface area contributed by atoms with E-state index < -0.39 is 0 Å². The normalized spacial score (nSPS) is 18.0. The van der Waals surface area contributed by atoms with Gasteiger partial charge < -0.3 is 9.64 Å². The second kappa shape index (κ2) is 12.2. The van der Waals surface area contributed by atoms with Crippen LogP contribution in [0.2, 0.25) is 0 Å². The lowest BCUT2D eigenvalue weighted by atomic mass is 9.99. The first-order valence-electron chi connectivity index (χ1n) is 9.45. The predicted octanol–water partition coefficient (Wildman–Crippen LogP) is 6.49. The Labute approximate surface area is 150 Å². The minimum absolute atomic E-state index is 0.134. The van der Waals surface area contributed by atoms with Crippen LogP contribution in [0.1, 0.15) is 87.0 Å². The molecule has 0 saturated carbocycles. The molecule has 0 spiro atoms. The first-order valence-corrected chi connectivity index (χ1v) is 9.45. The number of piperidine rings is 1. The molecule has 1 saturated heterocycles. The van der Waals surface area contributed by atoms with Gasteiger partial charge in [0.15, 0.2) is 0 Å². The molecule has 1 aliphatic rings. The van der Waals surface area contributed by atoms with Crippen LogP contribution in [0.4, 0.5) is 4.79 Å². The standard InChI is InChI=1S/C13H25NO2.C8H14/c1-5-8-11-9-6-7-10-14(11)12(15)16-13(2,3)4;1-4-5-6-7-8(2)3/h11H,5-10H2,1-4H3;4-5,7H,6H2,1-3H3/b;5-4-. The molecule has 1 rings (SSSR count). The second-order valence-electron chi connectivity index (χ2n) is 7.70. The summed E-state index contributed by atoms with van der Waals surface area (Å²) in [6.07, 6.45) is 13.1. The average molecular weight is 338 g/mol. The Morgan fingerprint density at radius 3 is 2.42 bits per heavy atom. The van der Waals surface area contributed by atoms with E-state index in [1.54, 1.807) is 0 Å². The minimum atomic E-state index is -0.384. The smallest absolute Gasteiger partial charge is 0.410 e. The van der Waals surface area contributed by atoms with Crippen LogP contribution in [0.25, 0.3) is 0 Å². The van der Waals surface area contributed by atoms with Crippen molar-refractivity contribution in [3.05, 3.63) is 23.8 Å². The van der Waals surface area contributed by atoms with Crippen molar-refractivity contribution in [2.24, 2.45) is 0 Å². The highest BCUT2D eigenvalue weighted by Crippen LogP contribution is 2.23. The van der Waals surface area contributed by atoms with Crippen molar-refractivity contribution >= 4 is 6.09 Å². The van der Waals surface area contributed by atoms with Gasteiger partial charge in [-0.3, -0.25) is 0 Å². The van der Waals surface area contributed by atoms with Gasteiger partial charge >= 0.3 is 6.09 Å². The number of amides is 1. The second-order valence-corrected chi connectivity index (χ2v) is 7.70. The third kappa shape index (κ3) is 11.3. The van der Waals surface area contributed by atoms with Crippen LogP contribution in [0.5, 0.6) is 0 Å². The molecule has 140 valence electrons. The van der Waals surface area contributed by atoms with Crippen LogP contribution in [0, 0.1) is 0 Å². The van der Waals surface area contributed by atoms with Crippen molar-refractivity contribution in [2.45, 2.75) is 98.6 Å². The van der Waals surface area contributed by atoms with Crippen molar-refractivity contribution in [1.29, 1.82) is 0 Å². The highest BCUT2D eigenvalue weighted by atomic mass is 16.6. The molecule has 0 N–H and O–H groups in total. The Bertz CT molecular complexity index is 399. The van der Waals surface area contributed by atoms with Gasteiger partial charge in [-0.15, -0.1) is 0 Å². The maximum atomic E-state index is 12.0. The molecule has 0 aliphatic carbocycles. The summed E-state index contributed by atoms with van der Waals surface area (Å²) < 4.78 is 5.44. The van der Waals surface area contributed by atoms with Gasteiger partial charge in [0.1, 0.15) is 5.60 Å². The zero-order valence-corrected chi connectivity index (χ0v) is 17.0. The number of allylic oxidation sites excluding steroid dienone is 4. The number of likely N-dealkylation sites (tertiary alicyclic amines) is 1. The van der Waals surface area contributed by atoms with E-state index in [9.17, 15) is 4.79 Å². The summed E-state index contributed by atoms with van der Waals surface area (Å²) >= 11 is 0. The van der Waals surface area contributed by atoms with E-state index in [-0.39, 0.29) is 11.7 Å². The molecular weight excluding hydrogens is 298 g/mol. The third-order valence-electron chi connectivity index (χ3n) is 3.77. The molecule has 1 atom stereocenters. The number of nitrogens with zero attached hydrogens (tertiary/aromatic N) is 1. The summed E-state index contributed by atoms with van der Waals surface area (Å²) in [4.78, 5) is 13.9. The number of carbonyl (C=O) groups excluding carboxylic acids is 1. The lowest BCUT2D eigenvalue weighted by Gasteiger charge is -2.36. The van der Waals surface area contributed by atoms with Crippen LogP contribution in [0.15, 0.2) is 23.8 Å². The van der Waals surface area contributed by atoms with E-state index in [0.29, 0.717) is 6.04 Å². The topological polar surface area (TPSA) is 29.5 Å². The highest BCUT2D eigenvalue weighted by molar-refractivity contribution is 5.68. The molecule has 1 aliphatic heterocycles. The van der Waals surface area contributed by atoms with Crippen LogP contribution in [-0.4, -0.2) is 29.2 Å². The fourth-order valence-corrected chi connectivity index (χ4v) is 2.63. The molecule has 1 fully saturated rings. The van der Waals surface area contributed by atoms with Crippen molar-refractivity contribution in [2.75, 3.05) is 6.54 Å². The first-order chi connectivity index (χ1) is 11.2. The van der Waals surface area contributed by atoms with Gasteiger partial charge in [-0.05, 0) is 73.6 Å². The minimum Gasteiger partial charge on any atom is -0.444 e. The van der Waals surface area contributed by atoms with Gasteiger partial charge in [0.05, 0.1) is 0 Å². The maximum Gasteiger partial charge on any atom is 0.410 e. The number of rotatable bonds is 4.